The normalized spacial score (nSPS) is 12.1. The first-order valence-electron chi connectivity index (χ1n) is 7.24. The Labute approximate surface area is 143 Å². The van der Waals surface area contributed by atoms with Crippen molar-refractivity contribution >= 4 is 21.5 Å². The zero-order valence-electron chi connectivity index (χ0n) is 13.7. The Morgan fingerprint density at radius 2 is 1.52 bits per heavy atom. The van der Waals surface area contributed by atoms with Gasteiger partial charge in [-0.25, -0.2) is 8.42 Å². The van der Waals surface area contributed by atoms with Crippen LogP contribution < -0.4 is 4.72 Å². The van der Waals surface area contributed by atoms with E-state index in [1.807, 2.05) is 0 Å². The van der Waals surface area contributed by atoms with Gasteiger partial charge < -0.3 is 0 Å². The second kappa shape index (κ2) is 6.51. The fraction of sp³-hybridized carbons (Fsp3) is 0.235. The largest absolute Gasteiger partial charge is 0.454 e. The highest BCUT2D eigenvalue weighted by molar-refractivity contribution is 7.92. The SMILES string of the molecule is Cc1cc(C)c(S(=O)(=O)Nc2ccccc2C(=O)C(F)(F)F)c(C)c1. The lowest BCUT2D eigenvalue weighted by molar-refractivity contribution is -0.0884. The van der Waals surface area contributed by atoms with Gasteiger partial charge in [-0.2, -0.15) is 13.2 Å². The molecule has 0 unspecified atom stereocenters. The minimum absolute atomic E-state index is 0.0210. The van der Waals surface area contributed by atoms with Crippen molar-refractivity contribution in [3.05, 3.63) is 58.7 Å². The van der Waals surface area contributed by atoms with Crippen molar-refractivity contribution < 1.29 is 26.4 Å². The van der Waals surface area contributed by atoms with E-state index in [1.54, 1.807) is 32.9 Å². The number of aryl methyl sites for hydroxylation is 3. The molecule has 134 valence electrons. The van der Waals surface area contributed by atoms with Crippen LogP contribution in [0, 0.1) is 20.8 Å². The summed E-state index contributed by atoms with van der Waals surface area (Å²) in [4.78, 5) is 11.5. The summed E-state index contributed by atoms with van der Waals surface area (Å²) in [6, 6.07) is 7.96. The summed E-state index contributed by atoms with van der Waals surface area (Å²) in [5.74, 6) is -2.11. The molecule has 0 saturated heterocycles. The Bertz CT molecular complexity index is 911. The lowest BCUT2D eigenvalue weighted by Gasteiger charge is -2.16. The third-order valence-corrected chi connectivity index (χ3v) is 5.22. The molecule has 0 atom stereocenters. The predicted molar refractivity (Wildman–Crippen MR) is 88.3 cm³/mol. The Morgan fingerprint density at radius 3 is 2.04 bits per heavy atom. The number of carbonyl (C=O) groups is 1. The van der Waals surface area contributed by atoms with E-state index in [4.69, 9.17) is 0 Å². The number of ketones is 1. The van der Waals surface area contributed by atoms with Gasteiger partial charge in [-0.05, 0) is 44.0 Å². The molecule has 0 fully saturated rings. The van der Waals surface area contributed by atoms with Gasteiger partial charge in [0.25, 0.3) is 15.8 Å². The van der Waals surface area contributed by atoms with Crippen LogP contribution in [0.4, 0.5) is 18.9 Å². The van der Waals surface area contributed by atoms with Gasteiger partial charge in [-0.1, -0.05) is 29.8 Å². The molecular formula is C17H16F3NO3S. The monoisotopic (exact) mass is 371 g/mol. The number of halogens is 3. The van der Waals surface area contributed by atoms with Gasteiger partial charge in [-0.15, -0.1) is 0 Å². The molecule has 0 aliphatic rings. The van der Waals surface area contributed by atoms with E-state index in [-0.39, 0.29) is 4.90 Å². The number of sulfonamides is 1. The molecule has 2 aromatic carbocycles. The fourth-order valence-corrected chi connectivity index (χ4v) is 4.24. The van der Waals surface area contributed by atoms with Crippen LogP contribution in [-0.2, 0) is 10.0 Å². The summed E-state index contributed by atoms with van der Waals surface area (Å²) in [5, 5.41) is 0. The van der Waals surface area contributed by atoms with E-state index in [0.717, 1.165) is 17.7 Å². The van der Waals surface area contributed by atoms with Crippen LogP contribution in [0.25, 0.3) is 0 Å². The number of Topliss-reactive ketones (excluding diaryl/α,β-unsaturated/α-hetero) is 1. The molecule has 1 N–H and O–H groups in total. The quantitative estimate of drug-likeness (QED) is 0.821. The molecule has 0 spiro atoms. The van der Waals surface area contributed by atoms with Crippen molar-refractivity contribution in [2.75, 3.05) is 4.72 Å². The molecule has 2 rings (SSSR count). The minimum atomic E-state index is -5.10. The summed E-state index contributed by atoms with van der Waals surface area (Å²) in [7, 11) is -4.16. The summed E-state index contributed by atoms with van der Waals surface area (Å²) >= 11 is 0. The number of benzene rings is 2. The number of para-hydroxylation sites is 1. The first kappa shape index (κ1) is 19.0. The third-order valence-electron chi connectivity index (χ3n) is 3.55. The zero-order valence-corrected chi connectivity index (χ0v) is 14.5. The molecule has 4 nitrogen and oxygen atoms in total. The maximum atomic E-state index is 12.7. The smallest absolute Gasteiger partial charge is 0.284 e. The number of anilines is 1. The van der Waals surface area contributed by atoms with Gasteiger partial charge in [0.05, 0.1) is 16.1 Å². The van der Waals surface area contributed by atoms with Crippen LogP contribution in [0.3, 0.4) is 0 Å². The van der Waals surface area contributed by atoms with Crippen molar-refractivity contribution in [2.45, 2.75) is 31.8 Å². The lowest BCUT2D eigenvalue weighted by Crippen LogP contribution is -2.25. The predicted octanol–water partition coefficient (Wildman–Crippen LogP) is 4.16. The van der Waals surface area contributed by atoms with E-state index in [9.17, 15) is 26.4 Å². The average Bonchev–Trinajstić information content (AvgIpc) is 2.44. The highest BCUT2D eigenvalue weighted by Gasteiger charge is 2.40. The number of hydrogen-bond acceptors (Lipinski definition) is 3. The molecule has 0 heterocycles. The van der Waals surface area contributed by atoms with E-state index in [0.29, 0.717) is 11.1 Å². The second-order valence-corrected chi connectivity index (χ2v) is 7.33. The van der Waals surface area contributed by atoms with Gasteiger partial charge in [-0.3, -0.25) is 9.52 Å². The topological polar surface area (TPSA) is 63.2 Å². The second-order valence-electron chi connectivity index (χ2n) is 5.71. The maximum absolute atomic E-state index is 12.7. The summed E-state index contributed by atoms with van der Waals surface area (Å²) in [5.41, 5.74) is 0.626. The maximum Gasteiger partial charge on any atom is 0.454 e. The summed E-state index contributed by atoms with van der Waals surface area (Å²) < 4.78 is 65.6. The van der Waals surface area contributed by atoms with Crippen molar-refractivity contribution in [1.82, 2.24) is 0 Å². The van der Waals surface area contributed by atoms with Crippen molar-refractivity contribution in [3.63, 3.8) is 0 Å². The zero-order chi connectivity index (χ0) is 19.0. The van der Waals surface area contributed by atoms with Crippen LogP contribution >= 0.6 is 0 Å². The van der Waals surface area contributed by atoms with Crippen LogP contribution in [-0.4, -0.2) is 20.4 Å². The van der Waals surface area contributed by atoms with E-state index >= 15 is 0 Å². The number of hydrogen-bond donors (Lipinski definition) is 1. The Kier molecular flexibility index (Phi) is 4.94. The molecule has 2 aromatic rings. The number of rotatable bonds is 4. The number of alkyl halides is 3. The Morgan fingerprint density at radius 1 is 1.00 bits per heavy atom. The summed E-state index contributed by atoms with van der Waals surface area (Å²) in [6.07, 6.45) is -5.10. The molecule has 0 aromatic heterocycles. The average molecular weight is 371 g/mol. The Balaban J connectivity index is 2.53. The van der Waals surface area contributed by atoms with Crippen molar-refractivity contribution in [2.24, 2.45) is 0 Å². The summed E-state index contributed by atoms with van der Waals surface area (Å²) in [6.45, 7) is 5.00. The molecular weight excluding hydrogens is 355 g/mol. The van der Waals surface area contributed by atoms with Crippen molar-refractivity contribution in [1.29, 1.82) is 0 Å². The molecule has 0 saturated carbocycles. The molecule has 0 aliphatic carbocycles. The van der Waals surface area contributed by atoms with Crippen LogP contribution in [0.5, 0.6) is 0 Å². The lowest BCUT2D eigenvalue weighted by atomic mass is 10.1. The molecule has 8 heteroatoms. The highest BCUT2D eigenvalue weighted by Crippen LogP contribution is 2.29. The molecule has 0 bridgehead atoms. The molecule has 0 aliphatic heterocycles. The first-order valence-corrected chi connectivity index (χ1v) is 8.73. The van der Waals surface area contributed by atoms with Gasteiger partial charge in [0, 0.05) is 0 Å². The van der Waals surface area contributed by atoms with Crippen LogP contribution in [0.15, 0.2) is 41.3 Å². The molecule has 0 radical (unpaired) electrons. The number of carbonyl (C=O) groups excluding carboxylic acids is 1. The first-order chi connectivity index (χ1) is 11.4. The molecule has 25 heavy (non-hydrogen) atoms. The van der Waals surface area contributed by atoms with Crippen LogP contribution in [0.1, 0.15) is 27.0 Å². The van der Waals surface area contributed by atoms with Gasteiger partial charge in [0.1, 0.15) is 0 Å². The van der Waals surface area contributed by atoms with E-state index in [1.165, 1.54) is 12.1 Å². The fourth-order valence-electron chi connectivity index (χ4n) is 2.71. The Hall–Kier alpha value is -2.35. The third kappa shape index (κ3) is 4.01. The molecule has 0 amide bonds. The number of nitrogens with one attached hydrogen (secondary N) is 1. The van der Waals surface area contributed by atoms with Gasteiger partial charge >= 0.3 is 6.18 Å². The van der Waals surface area contributed by atoms with E-state index < -0.39 is 33.2 Å². The minimum Gasteiger partial charge on any atom is -0.284 e. The van der Waals surface area contributed by atoms with E-state index in [2.05, 4.69) is 4.72 Å². The van der Waals surface area contributed by atoms with Gasteiger partial charge in [0.2, 0.25) is 0 Å². The van der Waals surface area contributed by atoms with Crippen LogP contribution in [0.2, 0.25) is 0 Å². The highest BCUT2D eigenvalue weighted by atomic mass is 32.2. The van der Waals surface area contributed by atoms with Gasteiger partial charge in [0.15, 0.2) is 0 Å². The van der Waals surface area contributed by atoms with Crippen molar-refractivity contribution in [3.8, 4) is 0 Å². The standard InChI is InChI=1S/C17H16F3NO3S/c1-10-8-11(2)15(12(3)9-10)25(23,24)21-14-7-5-4-6-13(14)16(22)17(18,19)20/h4-9,21H,1-3H3.